The molecule has 2 aromatic rings. The molecule has 0 spiro atoms. The largest absolute Gasteiger partial charge is 0.496 e. The van der Waals surface area contributed by atoms with E-state index in [1.807, 2.05) is 30.3 Å². The molecular formula is C14H11Br2ClO. The van der Waals surface area contributed by atoms with Crippen LogP contribution in [0.3, 0.4) is 0 Å². The molecule has 0 saturated heterocycles. The third kappa shape index (κ3) is 3.08. The predicted octanol–water partition coefficient (Wildman–Crippen LogP) is 5.60. The topological polar surface area (TPSA) is 9.23 Å². The molecule has 1 nitrogen and oxygen atoms in total. The van der Waals surface area contributed by atoms with E-state index in [2.05, 4.69) is 44.0 Å². The van der Waals surface area contributed by atoms with Crippen LogP contribution in [-0.2, 0) is 0 Å². The molecule has 0 aliphatic carbocycles. The predicted molar refractivity (Wildman–Crippen MR) is 82.9 cm³/mol. The zero-order valence-corrected chi connectivity index (χ0v) is 13.6. The van der Waals surface area contributed by atoms with Crippen molar-refractivity contribution in [2.24, 2.45) is 0 Å². The molecular weight excluding hydrogens is 379 g/mol. The van der Waals surface area contributed by atoms with Crippen LogP contribution in [0.15, 0.2) is 46.9 Å². The van der Waals surface area contributed by atoms with Gasteiger partial charge < -0.3 is 4.74 Å². The first-order valence-electron chi connectivity index (χ1n) is 5.35. The lowest BCUT2D eigenvalue weighted by molar-refractivity contribution is 0.410. The van der Waals surface area contributed by atoms with Gasteiger partial charge in [-0.05, 0) is 35.9 Å². The van der Waals surface area contributed by atoms with Gasteiger partial charge in [0.25, 0.3) is 0 Å². The molecule has 0 radical (unpaired) electrons. The number of methoxy groups -OCH3 is 1. The van der Waals surface area contributed by atoms with Gasteiger partial charge >= 0.3 is 0 Å². The lowest BCUT2D eigenvalue weighted by atomic mass is 10.0. The summed E-state index contributed by atoms with van der Waals surface area (Å²) >= 11 is 13.2. The maximum Gasteiger partial charge on any atom is 0.123 e. The first kappa shape index (κ1) is 13.9. The Bertz CT molecular complexity index is 540. The van der Waals surface area contributed by atoms with Gasteiger partial charge in [0.15, 0.2) is 0 Å². The standard InChI is InChI=1S/C14H11Br2ClO/c1-18-13-7-6-11(17)8-12(13)14(16)9-2-4-10(15)5-3-9/h2-8,14H,1H3. The van der Waals surface area contributed by atoms with E-state index in [4.69, 9.17) is 16.3 Å². The van der Waals surface area contributed by atoms with Gasteiger partial charge in [-0.15, -0.1) is 0 Å². The van der Waals surface area contributed by atoms with Crippen molar-refractivity contribution in [2.45, 2.75) is 4.83 Å². The molecule has 0 aliphatic rings. The van der Waals surface area contributed by atoms with Crippen LogP contribution in [0.2, 0.25) is 5.02 Å². The summed E-state index contributed by atoms with van der Waals surface area (Å²) in [4.78, 5) is 0.0549. The van der Waals surface area contributed by atoms with Crippen LogP contribution >= 0.6 is 43.5 Å². The van der Waals surface area contributed by atoms with Crippen LogP contribution in [0, 0.1) is 0 Å². The summed E-state index contributed by atoms with van der Waals surface area (Å²) in [5.41, 5.74) is 2.17. The SMILES string of the molecule is COc1ccc(Cl)cc1C(Br)c1ccc(Br)cc1. The molecule has 1 unspecified atom stereocenters. The first-order chi connectivity index (χ1) is 8.61. The minimum atomic E-state index is 0.0549. The maximum atomic E-state index is 6.05. The Morgan fingerprint density at radius 2 is 1.78 bits per heavy atom. The smallest absolute Gasteiger partial charge is 0.123 e. The lowest BCUT2D eigenvalue weighted by Gasteiger charge is -2.15. The van der Waals surface area contributed by atoms with Crippen LogP contribution in [-0.4, -0.2) is 7.11 Å². The quantitative estimate of drug-likeness (QED) is 0.620. The zero-order chi connectivity index (χ0) is 13.1. The highest BCUT2D eigenvalue weighted by atomic mass is 79.9. The van der Waals surface area contributed by atoms with Gasteiger partial charge in [-0.1, -0.05) is 55.6 Å². The molecule has 0 aromatic heterocycles. The van der Waals surface area contributed by atoms with E-state index in [1.165, 1.54) is 0 Å². The minimum absolute atomic E-state index is 0.0549. The molecule has 0 amide bonds. The summed E-state index contributed by atoms with van der Waals surface area (Å²) in [6, 6.07) is 13.8. The highest BCUT2D eigenvalue weighted by Gasteiger charge is 2.15. The third-order valence-electron chi connectivity index (χ3n) is 2.63. The van der Waals surface area contributed by atoms with Crippen LogP contribution in [0.1, 0.15) is 16.0 Å². The van der Waals surface area contributed by atoms with E-state index in [9.17, 15) is 0 Å². The summed E-state index contributed by atoms with van der Waals surface area (Å²) in [5, 5.41) is 0.701. The van der Waals surface area contributed by atoms with Gasteiger partial charge in [0.1, 0.15) is 5.75 Å². The van der Waals surface area contributed by atoms with Crippen LogP contribution < -0.4 is 4.74 Å². The number of ether oxygens (including phenoxy) is 1. The van der Waals surface area contributed by atoms with Gasteiger partial charge in [0.2, 0.25) is 0 Å². The highest BCUT2D eigenvalue weighted by Crippen LogP contribution is 2.38. The van der Waals surface area contributed by atoms with Crippen molar-refractivity contribution < 1.29 is 4.74 Å². The molecule has 1 atom stereocenters. The summed E-state index contributed by atoms with van der Waals surface area (Å²) < 4.78 is 6.43. The minimum Gasteiger partial charge on any atom is -0.496 e. The van der Waals surface area contributed by atoms with Gasteiger partial charge in [0.05, 0.1) is 11.9 Å². The monoisotopic (exact) mass is 388 g/mol. The van der Waals surface area contributed by atoms with Gasteiger partial charge in [-0.3, -0.25) is 0 Å². The molecule has 0 aliphatic heterocycles. The fourth-order valence-electron chi connectivity index (χ4n) is 1.71. The number of benzene rings is 2. The Morgan fingerprint density at radius 3 is 2.39 bits per heavy atom. The zero-order valence-electron chi connectivity index (χ0n) is 9.66. The molecule has 18 heavy (non-hydrogen) atoms. The van der Waals surface area contributed by atoms with E-state index >= 15 is 0 Å². The normalized spacial score (nSPS) is 12.2. The van der Waals surface area contributed by atoms with Crippen LogP contribution in [0.4, 0.5) is 0 Å². The van der Waals surface area contributed by atoms with Crippen molar-refractivity contribution >= 4 is 43.5 Å². The number of rotatable bonds is 3. The number of alkyl halides is 1. The van der Waals surface area contributed by atoms with E-state index in [0.29, 0.717) is 5.02 Å². The van der Waals surface area contributed by atoms with E-state index < -0.39 is 0 Å². The van der Waals surface area contributed by atoms with Crippen molar-refractivity contribution in [3.05, 3.63) is 63.1 Å². The fraction of sp³-hybridized carbons (Fsp3) is 0.143. The summed E-state index contributed by atoms with van der Waals surface area (Å²) in [6.45, 7) is 0. The van der Waals surface area contributed by atoms with Crippen LogP contribution in [0.5, 0.6) is 5.75 Å². The van der Waals surface area contributed by atoms with Gasteiger partial charge in [-0.25, -0.2) is 0 Å². The van der Waals surface area contributed by atoms with Crippen molar-refractivity contribution in [1.29, 1.82) is 0 Å². The van der Waals surface area contributed by atoms with E-state index in [0.717, 1.165) is 21.3 Å². The molecule has 2 aromatic carbocycles. The van der Waals surface area contributed by atoms with Gasteiger partial charge in [-0.2, -0.15) is 0 Å². The third-order valence-corrected chi connectivity index (χ3v) is 4.41. The lowest BCUT2D eigenvalue weighted by Crippen LogP contribution is -1.97. The Balaban J connectivity index is 2.41. The van der Waals surface area contributed by atoms with Gasteiger partial charge in [0, 0.05) is 15.1 Å². The fourth-order valence-corrected chi connectivity index (χ4v) is 2.82. The summed E-state index contributed by atoms with van der Waals surface area (Å²) in [7, 11) is 1.66. The second kappa shape index (κ2) is 6.09. The molecule has 94 valence electrons. The maximum absolute atomic E-state index is 6.05. The number of halogens is 3. The average molecular weight is 391 g/mol. The Labute approximate surface area is 128 Å². The summed E-state index contributed by atoms with van der Waals surface area (Å²) in [6.07, 6.45) is 0. The summed E-state index contributed by atoms with van der Waals surface area (Å²) in [5.74, 6) is 0.823. The molecule has 0 N–H and O–H groups in total. The molecule has 4 heteroatoms. The molecule has 0 heterocycles. The van der Waals surface area contributed by atoms with Crippen LogP contribution in [0.25, 0.3) is 0 Å². The molecule has 0 saturated carbocycles. The Morgan fingerprint density at radius 1 is 1.11 bits per heavy atom. The second-order valence-electron chi connectivity index (χ2n) is 3.80. The number of hydrogen-bond acceptors (Lipinski definition) is 1. The molecule has 2 rings (SSSR count). The van der Waals surface area contributed by atoms with E-state index in [1.54, 1.807) is 7.11 Å². The van der Waals surface area contributed by atoms with E-state index in [-0.39, 0.29) is 4.83 Å². The number of hydrogen-bond donors (Lipinski definition) is 0. The van der Waals surface area contributed by atoms with Crippen molar-refractivity contribution in [2.75, 3.05) is 7.11 Å². The van der Waals surface area contributed by atoms with Crippen molar-refractivity contribution in [3.63, 3.8) is 0 Å². The van der Waals surface area contributed by atoms with Crippen molar-refractivity contribution in [3.8, 4) is 5.75 Å². The second-order valence-corrected chi connectivity index (χ2v) is 6.07. The molecule has 0 bridgehead atoms. The van der Waals surface area contributed by atoms with Crippen molar-refractivity contribution in [1.82, 2.24) is 0 Å². The average Bonchev–Trinajstić information content (AvgIpc) is 2.39. The first-order valence-corrected chi connectivity index (χ1v) is 7.43. The molecule has 0 fully saturated rings. The Hall–Kier alpha value is -0.510. The Kier molecular flexibility index (Phi) is 4.71. The highest BCUT2D eigenvalue weighted by molar-refractivity contribution is 9.10.